The molecule has 0 saturated carbocycles. The van der Waals surface area contributed by atoms with E-state index in [0.29, 0.717) is 5.69 Å². The minimum Gasteiger partial charge on any atom is -0.308 e. The van der Waals surface area contributed by atoms with Crippen LogP contribution in [0.5, 0.6) is 0 Å². The number of nitrogens with one attached hydrogen (secondary N) is 2. The molecule has 2 N–H and O–H groups in total. The van der Waals surface area contributed by atoms with E-state index in [0.717, 1.165) is 42.5 Å². The molecule has 0 heterocycles. The fraction of sp³-hybridized carbons (Fsp3) is 0.167. The van der Waals surface area contributed by atoms with Crippen molar-refractivity contribution in [2.75, 3.05) is 10.6 Å². The Hall–Kier alpha value is -3.28. The normalized spacial score (nSPS) is 13.4. The number of hydrogen-bond acceptors (Lipinski definition) is 1. The Balaban J connectivity index is 1.45. The third kappa shape index (κ3) is 4.64. The zero-order valence-corrected chi connectivity index (χ0v) is 16.1. The Morgan fingerprint density at radius 3 is 2.30 bits per heavy atom. The van der Waals surface area contributed by atoms with Gasteiger partial charge in [-0.1, -0.05) is 30.3 Å². The van der Waals surface area contributed by atoms with Crippen LogP contribution in [0.25, 0.3) is 11.1 Å². The minimum absolute atomic E-state index is 0.281. The van der Waals surface area contributed by atoms with Gasteiger partial charge in [-0.25, -0.2) is 4.79 Å². The summed E-state index contributed by atoms with van der Waals surface area (Å²) < 4.78 is 37.9. The molecule has 2 amide bonds. The molecule has 30 heavy (non-hydrogen) atoms. The number of halogens is 3. The lowest BCUT2D eigenvalue weighted by Gasteiger charge is -2.17. The topological polar surface area (TPSA) is 41.1 Å². The Labute approximate surface area is 172 Å². The summed E-state index contributed by atoms with van der Waals surface area (Å²) in [5.41, 5.74) is 4.90. The molecule has 0 aromatic heterocycles. The molecule has 0 unspecified atom stereocenters. The zero-order valence-electron chi connectivity index (χ0n) is 16.1. The molecule has 0 fully saturated rings. The van der Waals surface area contributed by atoms with Crippen LogP contribution in [0, 0.1) is 6.42 Å². The largest absolute Gasteiger partial charge is 0.416 e. The van der Waals surface area contributed by atoms with Crippen molar-refractivity contribution in [3.8, 4) is 11.1 Å². The van der Waals surface area contributed by atoms with Crippen LogP contribution in [0.3, 0.4) is 0 Å². The lowest BCUT2D eigenvalue weighted by Crippen LogP contribution is -2.19. The Bertz CT molecular complexity index is 1060. The monoisotopic (exact) mass is 409 g/mol. The van der Waals surface area contributed by atoms with Crippen molar-refractivity contribution < 1.29 is 18.0 Å². The molecule has 1 radical (unpaired) electrons. The van der Waals surface area contributed by atoms with E-state index in [-0.39, 0.29) is 5.69 Å². The fourth-order valence-electron chi connectivity index (χ4n) is 3.56. The maximum absolute atomic E-state index is 12.6. The first-order chi connectivity index (χ1) is 14.4. The number of rotatable bonds is 3. The van der Waals surface area contributed by atoms with E-state index in [2.05, 4.69) is 35.3 Å². The Morgan fingerprint density at radius 2 is 1.53 bits per heavy atom. The second-order valence-electron chi connectivity index (χ2n) is 7.25. The van der Waals surface area contributed by atoms with Gasteiger partial charge in [-0.2, -0.15) is 13.2 Å². The molecular formula is C24H20F3N2O. The van der Waals surface area contributed by atoms with Gasteiger partial charge in [0.15, 0.2) is 0 Å². The van der Waals surface area contributed by atoms with E-state index < -0.39 is 17.8 Å². The third-order valence-corrected chi connectivity index (χ3v) is 5.11. The highest BCUT2D eigenvalue weighted by Gasteiger charge is 2.30. The highest BCUT2D eigenvalue weighted by atomic mass is 19.4. The first kappa shape index (κ1) is 20.0. The second-order valence-corrected chi connectivity index (χ2v) is 7.25. The number of aryl methyl sites for hydroxylation is 1. The average Bonchev–Trinajstić information content (AvgIpc) is 2.73. The van der Waals surface area contributed by atoms with Crippen molar-refractivity contribution in [2.45, 2.75) is 25.4 Å². The maximum Gasteiger partial charge on any atom is 0.416 e. The molecule has 0 atom stereocenters. The Morgan fingerprint density at radius 1 is 0.800 bits per heavy atom. The summed E-state index contributed by atoms with van der Waals surface area (Å²) in [6.45, 7) is 0. The molecule has 0 aliphatic heterocycles. The first-order valence-corrected chi connectivity index (χ1v) is 9.68. The summed E-state index contributed by atoms with van der Waals surface area (Å²) in [6, 6.07) is 17.7. The highest BCUT2D eigenvalue weighted by molar-refractivity contribution is 6.00. The van der Waals surface area contributed by atoms with Gasteiger partial charge in [0.25, 0.3) is 0 Å². The zero-order chi connectivity index (χ0) is 21.1. The number of benzene rings is 3. The highest BCUT2D eigenvalue weighted by Crippen LogP contribution is 2.30. The van der Waals surface area contributed by atoms with Gasteiger partial charge >= 0.3 is 12.2 Å². The first-order valence-electron chi connectivity index (χ1n) is 9.68. The van der Waals surface area contributed by atoms with Crippen molar-refractivity contribution in [1.82, 2.24) is 0 Å². The molecule has 3 aromatic carbocycles. The van der Waals surface area contributed by atoms with Crippen molar-refractivity contribution in [1.29, 1.82) is 0 Å². The number of urea groups is 1. The minimum atomic E-state index is -4.41. The van der Waals surface area contributed by atoms with Crippen LogP contribution in [0.15, 0.2) is 66.7 Å². The second kappa shape index (κ2) is 8.22. The molecule has 0 saturated heterocycles. The standard InChI is InChI=1S/C24H20F3N2O/c25-24(26,27)20-10-12-21(13-11-20)28-23(30)29-22-7-3-6-18(15-22)19-9-8-16-4-1-2-5-17(16)14-19/h1,3,6-15H,2,4-5H2,(H2,28,29,30). The molecule has 1 aliphatic rings. The van der Waals surface area contributed by atoms with Gasteiger partial charge in [0.1, 0.15) is 0 Å². The summed E-state index contributed by atoms with van der Waals surface area (Å²) in [6.07, 6.45) is 1.01. The predicted octanol–water partition coefficient (Wildman–Crippen LogP) is 6.71. The average molecular weight is 409 g/mol. The molecule has 0 spiro atoms. The fourth-order valence-corrected chi connectivity index (χ4v) is 3.56. The quantitative estimate of drug-likeness (QED) is 0.496. The van der Waals surface area contributed by atoms with E-state index in [1.54, 1.807) is 6.07 Å². The van der Waals surface area contributed by atoms with Crippen molar-refractivity contribution in [2.24, 2.45) is 0 Å². The van der Waals surface area contributed by atoms with Gasteiger partial charge in [-0.05, 0) is 84.3 Å². The Kier molecular flexibility index (Phi) is 5.48. The smallest absolute Gasteiger partial charge is 0.308 e. The SMILES string of the molecule is O=C(Nc1ccc(C(F)(F)F)cc1)Nc1cccc(-c2ccc3c(c2)CC[CH]C3)c1. The molecule has 3 nitrogen and oxygen atoms in total. The molecule has 1 aliphatic carbocycles. The van der Waals surface area contributed by atoms with Crippen LogP contribution >= 0.6 is 0 Å². The molecule has 4 rings (SSSR count). The summed E-state index contributed by atoms with van der Waals surface area (Å²) in [5, 5.41) is 5.28. The van der Waals surface area contributed by atoms with Gasteiger partial charge in [0.2, 0.25) is 0 Å². The lowest BCUT2D eigenvalue weighted by atomic mass is 9.89. The van der Waals surface area contributed by atoms with E-state index in [1.807, 2.05) is 18.2 Å². The van der Waals surface area contributed by atoms with Crippen molar-refractivity contribution >= 4 is 17.4 Å². The number of hydrogen-bond donors (Lipinski definition) is 2. The number of amides is 2. The van der Waals surface area contributed by atoms with Crippen molar-refractivity contribution in [3.63, 3.8) is 0 Å². The van der Waals surface area contributed by atoms with E-state index in [1.165, 1.54) is 23.3 Å². The lowest BCUT2D eigenvalue weighted by molar-refractivity contribution is -0.137. The van der Waals surface area contributed by atoms with Crippen LogP contribution < -0.4 is 10.6 Å². The van der Waals surface area contributed by atoms with Crippen molar-refractivity contribution in [3.05, 3.63) is 89.8 Å². The number of fused-ring (bicyclic) bond motifs is 1. The van der Waals surface area contributed by atoms with E-state index >= 15 is 0 Å². The van der Waals surface area contributed by atoms with Gasteiger partial charge in [-0.3, -0.25) is 0 Å². The third-order valence-electron chi connectivity index (χ3n) is 5.11. The molecular weight excluding hydrogens is 389 g/mol. The van der Waals surface area contributed by atoms with Gasteiger partial charge in [0, 0.05) is 11.4 Å². The number of alkyl halides is 3. The van der Waals surface area contributed by atoms with Gasteiger partial charge in [0.05, 0.1) is 5.56 Å². The van der Waals surface area contributed by atoms with E-state index in [4.69, 9.17) is 0 Å². The van der Waals surface area contributed by atoms with Crippen LogP contribution in [0.2, 0.25) is 0 Å². The number of anilines is 2. The maximum atomic E-state index is 12.6. The van der Waals surface area contributed by atoms with Crippen LogP contribution in [-0.2, 0) is 19.0 Å². The van der Waals surface area contributed by atoms with Crippen LogP contribution in [0.1, 0.15) is 23.1 Å². The number of carbonyl (C=O) groups excluding carboxylic acids is 1. The van der Waals surface area contributed by atoms with E-state index in [9.17, 15) is 18.0 Å². The molecule has 6 heteroatoms. The summed E-state index contributed by atoms with van der Waals surface area (Å²) in [7, 11) is 0. The molecule has 3 aromatic rings. The summed E-state index contributed by atoms with van der Waals surface area (Å²) in [5.74, 6) is 0. The summed E-state index contributed by atoms with van der Waals surface area (Å²) >= 11 is 0. The summed E-state index contributed by atoms with van der Waals surface area (Å²) in [4.78, 5) is 12.3. The van der Waals surface area contributed by atoms with Crippen LogP contribution in [-0.4, -0.2) is 6.03 Å². The van der Waals surface area contributed by atoms with Gasteiger partial charge < -0.3 is 10.6 Å². The predicted molar refractivity (Wildman–Crippen MR) is 112 cm³/mol. The van der Waals surface area contributed by atoms with Crippen LogP contribution in [0.4, 0.5) is 29.3 Å². The molecule has 0 bridgehead atoms. The number of carbonyl (C=O) groups is 1. The van der Waals surface area contributed by atoms with Gasteiger partial charge in [-0.15, -0.1) is 0 Å². The molecule has 153 valence electrons.